The zero-order valence-corrected chi connectivity index (χ0v) is 18.2. The first-order chi connectivity index (χ1) is 13.9. The van der Waals surface area contributed by atoms with Crippen LogP contribution in [-0.2, 0) is 17.8 Å². The Labute approximate surface area is 175 Å². The minimum absolute atomic E-state index is 0.0760. The molecule has 0 fully saturated rings. The maximum atomic E-state index is 13.7. The lowest BCUT2D eigenvalue weighted by atomic mass is 9.94. The molecule has 7 nitrogen and oxygen atoms in total. The van der Waals surface area contributed by atoms with E-state index in [1.165, 1.54) is 11.8 Å². The van der Waals surface area contributed by atoms with E-state index >= 15 is 0 Å². The van der Waals surface area contributed by atoms with Crippen LogP contribution in [0.5, 0.6) is 5.75 Å². The van der Waals surface area contributed by atoms with Gasteiger partial charge >= 0.3 is 0 Å². The number of hydrogen-bond donors (Lipinski definition) is 0. The van der Waals surface area contributed by atoms with Crippen LogP contribution in [-0.4, -0.2) is 38.1 Å². The van der Waals surface area contributed by atoms with Gasteiger partial charge in [-0.15, -0.1) is 21.5 Å². The molecule has 9 heteroatoms. The molecule has 0 N–H and O–H groups in total. The Kier molecular flexibility index (Phi) is 4.23. The van der Waals surface area contributed by atoms with Crippen molar-refractivity contribution in [2.45, 2.75) is 37.6 Å². The Hall–Kier alpha value is -2.36. The van der Waals surface area contributed by atoms with Crippen molar-refractivity contribution in [3.8, 4) is 11.4 Å². The normalized spacial score (nSPS) is 15.7. The second kappa shape index (κ2) is 6.58. The van der Waals surface area contributed by atoms with E-state index in [9.17, 15) is 4.79 Å². The van der Waals surface area contributed by atoms with E-state index in [1.807, 2.05) is 34.9 Å². The number of ether oxygens (including phenoxy) is 2. The first-order valence-electron chi connectivity index (χ1n) is 9.20. The Balaban J connectivity index is 1.90. The number of thiophene rings is 1. The summed E-state index contributed by atoms with van der Waals surface area (Å²) >= 11 is 3.11. The molecule has 0 radical (unpaired) electrons. The standard InChI is InChI=1S/C20H20N4O3S2/c1-20(2)9-13-14(10-27-20)29-17-15(13)16(25)23(11-5-7-12(26-3)8-6-11)18-21-22-19(28-4)24(17)18/h5-8H,9-10H2,1-4H3. The molecule has 0 aliphatic carbocycles. The zero-order valence-electron chi connectivity index (χ0n) is 16.6. The van der Waals surface area contributed by atoms with E-state index < -0.39 is 0 Å². The third-order valence-electron chi connectivity index (χ3n) is 5.22. The highest BCUT2D eigenvalue weighted by molar-refractivity contribution is 7.98. The van der Waals surface area contributed by atoms with Crippen molar-refractivity contribution >= 4 is 39.1 Å². The van der Waals surface area contributed by atoms with E-state index in [0.717, 1.165) is 37.3 Å². The van der Waals surface area contributed by atoms with Crippen molar-refractivity contribution in [1.82, 2.24) is 19.2 Å². The molecule has 0 spiro atoms. The molecule has 150 valence electrons. The highest BCUT2D eigenvalue weighted by atomic mass is 32.2. The fourth-order valence-corrected chi connectivity index (χ4v) is 5.56. The summed E-state index contributed by atoms with van der Waals surface area (Å²) in [5.41, 5.74) is 1.43. The number of benzene rings is 1. The van der Waals surface area contributed by atoms with Gasteiger partial charge in [0.2, 0.25) is 5.78 Å². The molecule has 1 aromatic carbocycles. The van der Waals surface area contributed by atoms with Gasteiger partial charge in [0, 0.05) is 11.3 Å². The van der Waals surface area contributed by atoms with Crippen LogP contribution in [0.1, 0.15) is 24.3 Å². The van der Waals surface area contributed by atoms with Crippen LogP contribution in [0.25, 0.3) is 21.7 Å². The zero-order chi connectivity index (χ0) is 20.3. The number of thioether (sulfide) groups is 1. The minimum Gasteiger partial charge on any atom is -0.497 e. The van der Waals surface area contributed by atoms with E-state index in [-0.39, 0.29) is 11.2 Å². The highest BCUT2D eigenvalue weighted by Gasteiger charge is 2.32. The largest absolute Gasteiger partial charge is 0.497 e. The van der Waals surface area contributed by atoms with Crippen molar-refractivity contribution in [3.63, 3.8) is 0 Å². The predicted octanol–water partition coefficient (Wildman–Crippen LogP) is 3.68. The molecule has 4 heterocycles. The number of fused-ring (bicyclic) bond motifs is 5. The molecule has 3 aromatic heterocycles. The summed E-state index contributed by atoms with van der Waals surface area (Å²) in [4.78, 5) is 15.7. The maximum Gasteiger partial charge on any atom is 0.268 e. The van der Waals surface area contributed by atoms with Gasteiger partial charge < -0.3 is 9.47 Å². The number of aromatic nitrogens is 4. The van der Waals surface area contributed by atoms with Crippen molar-refractivity contribution in [1.29, 1.82) is 0 Å². The number of rotatable bonds is 3. The second-order valence-electron chi connectivity index (χ2n) is 7.57. The molecule has 4 aromatic rings. The molecule has 0 atom stereocenters. The van der Waals surface area contributed by atoms with Gasteiger partial charge in [-0.25, -0.2) is 8.97 Å². The molecular weight excluding hydrogens is 408 g/mol. The molecule has 0 amide bonds. The third kappa shape index (κ3) is 2.79. The van der Waals surface area contributed by atoms with Crippen LogP contribution in [0, 0.1) is 0 Å². The summed E-state index contributed by atoms with van der Waals surface area (Å²) in [5.74, 6) is 1.24. The summed E-state index contributed by atoms with van der Waals surface area (Å²) in [6, 6.07) is 7.42. The van der Waals surface area contributed by atoms with E-state index in [1.54, 1.807) is 23.0 Å². The predicted molar refractivity (Wildman–Crippen MR) is 115 cm³/mol. The van der Waals surface area contributed by atoms with Crippen LogP contribution in [0.15, 0.2) is 34.2 Å². The Bertz CT molecular complexity index is 1300. The van der Waals surface area contributed by atoms with Crippen molar-refractivity contribution < 1.29 is 9.47 Å². The first-order valence-corrected chi connectivity index (χ1v) is 11.2. The lowest BCUT2D eigenvalue weighted by Gasteiger charge is -2.29. The maximum absolute atomic E-state index is 13.7. The Morgan fingerprint density at radius 3 is 2.69 bits per heavy atom. The molecule has 1 aliphatic rings. The summed E-state index contributed by atoms with van der Waals surface area (Å²) < 4.78 is 14.9. The van der Waals surface area contributed by atoms with Gasteiger partial charge in [-0.3, -0.25) is 4.79 Å². The molecule has 1 aliphatic heterocycles. The average molecular weight is 429 g/mol. The third-order valence-corrected chi connectivity index (χ3v) is 7.04. The van der Waals surface area contributed by atoms with Crippen molar-refractivity contribution in [2.24, 2.45) is 0 Å². The summed E-state index contributed by atoms with van der Waals surface area (Å²) in [5, 5.41) is 10.2. The van der Waals surface area contributed by atoms with Gasteiger partial charge in [-0.05, 0) is 49.9 Å². The number of nitrogens with zero attached hydrogens (tertiary/aromatic N) is 4. The summed E-state index contributed by atoms with van der Waals surface area (Å²) in [6.45, 7) is 4.64. The fourth-order valence-electron chi connectivity index (χ4n) is 3.80. The van der Waals surface area contributed by atoms with Gasteiger partial charge in [-0.1, -0.05) is 11.8 Å². The average Bonchev–Trinajstić information content (AvgIpc) is 3.29. The summed E-state index contributed by atoms with van der Waals surface area (Å²) in [6.07, 6.45) is 2.66. The molecular formula is C20H20N4O3S2. The number of hydrogen-bond acceptors (Lipinski definition) is 7. The van der Waals surface area contributed by atoms with Crippen molar-refractivity contribution in [3.05, 3.63) is 45.1 Å². The van der Waals surface area contributed by atoms with E-state index in [2.05, 4.69) is 24.0 Å². The van der Waals surface area contributed by atoms with E-state index in [4.69, 9.17) is 9.47 Å². The smallest absolute Gasteiger partial charge is 0.268 e. The number of methoxy groups -OCH3 is 1. The molecule has 29 heavy (non-hydrogen) atoms. The monoisotopic (exact) mass is 428 g/mol. The first kappa shape index (κ1) is 18.7. The SMILES string of the molecule is COc1ccc(-n2c(=O)c3c4c(sc3n3c(SC)nnc23)COC(C)(C)C4)cc1. The molecule has 0 bridgehead atoms. The molecule has 5 rings (SSSR count). The van der Waals surface area contributed by atoms with Gasteiger partial charge in [0.25, 0.3) is 5.56 Å². The molecule has 0 unspecified atom stereocenters. The van der Waals surface area contributed by atoms with Gasteiger partial charge in [0.05, 0.1) is 30.4 Å². The van der Waals surface area contributed by atoms with Gasteiger partial charge in [0.1, 0.15) is 10.6 Å². The molecule has 0 saturated heterocycles. The quantitative estimate of drug-likeness (QED) is 0.464. The second-order valence-corrected chi connectivity index (χ2v) is 9.43. The summed E-state index contributed by atoms with van der Waals surface area (Å²) in [7, 11) is 1.62. The van der Waals surface area contributed by atoms with Crippen LogP contribution >= 0.6 is 23.1 Å². The van der Waals surface area contributed by atoms with Crippen LogP contribution in [0.3, 0.4) is 0 Å². The highest BCUT2D eigenvalue weighted by Crippen LogP contribution is 2.38. The van der Waals surface area contributed by atoms with Crippen molar-refractivity contribution in [2.75, 3.05) is 13.4 Å². The van der Waals surface area contributed by atoms with Gasteiger partial charge in [-0.2, -0.15) is 0 Å². The van der Waals surface area contributed by atoms with Crippen LogP contribution in [0.4, 0.5) is 0 Å². The molecule has 0 saturated carbocycles. The van der Waals surface area contributed by atoms with Crippen LogP contribution in [0.2, 0.25) is 0 Å². The van der Waals surface area contributed by atoms with E-state index in [0.29, 0.717) is 18.8 Å². The van der Waals surface area contributed by atoms with Crippen LogP contribution < -0.4 is 10.3 Å². The Morgan fingerprint density at radius 2 is 2.00 bits per heavy atom. The fraction of sp³-hybridized carbons (Fsp3) is 0.350. The van der Waals surface area contributed by atoms with Gasteiger partial charge in [0.15, 0.2) is 5.16 Å². The topological polar surface area (TPSA) is 70.7 Å². The lowest BCUT2D eigenvalue weighted by molar-refractivity contribution is -0.0379. The minimum atomic E-state index is -0.303. The lowest BCUT2D eigenvalue weighted by Crippen LogP contribution is -2.32. The Morgan fingerprint density at radius 1 is 1.24 bits per heavy atom.